The van der Waals surface area contributed by atoms with Gasteiger partial charge in [-0.3, -0.25) is 9.59 Å². The van der Waals surface area contributed by atoms with E-state index in [-0.39, 0.29) is 16.8 Å². The molecule has 3 aromatic carbocycles. The Kier molecular flexibility index (Phi) is 6.22. The zero-order valence-electron chi connectivity index (χ0n) is 18.1. The Morgan fingerprint density at radius 1 is 0.882 bits per heavy atom. The lowest BCUT2D eigenvalue weighted by atomic mass is 9.97. The second kappa shape index (κ2) is 9.41. The fourth-order valence-corrected chi connectivity index (χ4v) is 3.69. The van der Waals surface area contributed by atoms with Crippen LogP contribution in [0.15, 0.2) is 83.7 Å². The van der Waals surface area contributed by atoms with Crippen molar-refractivity contribution < 1.29 is 24.2 Å². The van der Waals surface area contributed by atoms with E-state index >= 15 is 0 Å². The molecule has 0 unspecified atom stereocenters. The number of carboxylic acid groups (broad SMARTS) is 1. The summed E-state index contributed by atoms with van der Waals surface area (Å²) in [4.78, 5) is 49.3. The molecule has 0 fully saturated rings. The number of anilines is 1. The van der Waals surface area contributed by atoms with Crippen LogP contribution >= 0.6 is 0 Å². The average Bonchev–Trinajstić information content (AvgIpc) is 2.85. The van der Waals surface area contributed by atoms with Crippen LogP contribution in [-0.4, -0.2) is 34.1 Å². The maximum Gasteiger partial charge on any atom is 0.356 e. The van der Waals surface area contributed by atoms with Crippen molar-refractivity contribution in [1.82, 2.24) is 4.57 Å². The first-order valence-electron chi connectivity index (χ1n) is 10.3. The van der Waals surface area contributed by atoms with E-state index in [1.807, 2.05) is 30.3 Å². The topological polar surface area (TPSA) is 115 Å². The van der Waals surface area contributed by atoms with E-state index in [0.717, 1.165) is 5.56 Å². The van der Waals surface area contributed by atoms with Gasteiger partial charge in [0.05, 0.1) is 5.56 Å². The van der Waals surface area contributed by atoms with Gasteiger partial charge in [0.1, 0.15) is 5.69 Å². The molecule has 170 valence electrons. The number of carbonyl (C=O) groups excluding carboxylic acids is 2. The van der Waals surface area contributed by atoms with Crippen LogP contribution in [0, 0.1) is 0 Å². The molecule has 1 heterocycles. The molecule has 0 saturated heterocycles. The third-order valence-electron chi connectivity index (χ3n) is 5.31. The van der Waals surface area contributed by atoms with Gasteiger partial charge in [0.25, 0.3) is 11.5 Å². The number of amides is 1. The number of esters is 1. The molecule has 0 aliphatic rings. The zero-order valence-corrected chi connectivity index (χ0v) is 18.1. The molecular formula is C26H20N2O6. The molecule has 8 heteroatoms. The van der Waals surface area contributed by atoms with Crippen molar-refractivity contribution in [2.75, 3.05) is 11.9 Å². The Morgan fingerprint density at radius 3 is 2.15 bits per heavy atom. The molecule has 4 aromatic rings. The highest BCUT2D eigenvalue weighted by atomic mass is 16.5. The fourth-order valence-electron chi connectivity index (χ4n) is 3.69. The van der Waals surface area contributed by atoms with E-state index < -0.39 is 24.5 Å². The van der Waals surface area contributed by atoms with E-state index in [1.165, 1.54) is 35.9 Å². The lowest BCUT2D eigenvalue weighted by Crippen LogP contribution is -2.28. The minimum Gasteiger partial charge on any atom is -0.478 e. The number of fused-ring (bicyclic) bond motifs is 1. The number of nitrogens with zero attached hydrogens (tertiary/aromatic N) is 1. The molecule has 2 N–H and O–H groups in total. The van der Waals surface area contributed by atoms with Crippen molar-refractivity contribution in [3.8, 4) is 11.1 Å². The molecule has 4 rings (SSSR count). The summed E-state index contributed by atoms with van der Waals surface area (Å²) in [5, 5.41) is 12.6. The maximum absolute atomic E-state index is 13.1. The predicted molar refractivity (Wildman–Crippen MR) is 127 cm³/mol. The van der Waals surface area contributed by atoms with Crippen LogP contribution in [0.5, 0.6) is 0 Å². The monoisotopic (exact) mass is 456 g/mol. The summed E-state index contributed by atoms with van der Waals surface area (Å²) in [6.07, 6.45) is 0. The molecule has 34 heavy (non-hydrogen) atoms. The first kappa shape index (κ1) is 22.5. The number of pyridine rings is 1. The van der Waals surface area contributed by atoms with Crippen molar-refractivity contribution >= 4 is 34.3 Å². The standard InChI is InChI=1S/C26H20N2O6/c1-28-23(26(33)34-15-21(29)27-18-13-11-17(12-14-18)25(31)32)22(16-7-3-2-4-8-16)19-9-5-6-10-20(19)24(28)30/h2-14H,15H2,1H3,(H,27,29)(H,31,32). The highest BCUT2D eigenvalue weighted by Crippen LogP contribution is 2.30. The van der Waals surface area contributed by atoms with Crippen LogP contribution in [0.4, 0.5) is 5.69 Å². The number of benzene rings is 3. The van der Waals surface area contributed by atoms with Crippen LogP contribution in [-0.2, 0) is 16.6 Å². The second-order valence-electron chi connectivity index (χ2n) is 7.51. The van der Waals surface area contributed by atoms with Gasteiger partial charge in [-0.15, -0.1) is 0 Å². The summed E-state index contributed by atoms with van der Waals surface area (Å²) in [6.45, 7) is -0.589. The summed E-state index contributed by atoms with van der Waals surface area (Å²) in [7, 11) is 1.49. The van der Waals surface area contributed by atoms with E-state index in [1.54, 1.807) is 24.3 Å². The number of aromatic carboxylic acids is 1. The number of nitrogens with one attached hydrogen (secondary N) is 1. The quantitative estimate of drug-likeness (QED) is 0.428. The first-order valence-corrected chi connectivity index (χ1v) is 10.3. The Bertz CT molecular complexity index is 1460. The lowest BCUT2D eigenvalue weighted by molar-refractivity contribution is -0.119. The number of hydrogen-bond donors (Lipinski definition) is 2. The number of hydrogen-bond acceptors (Lipinski definition) is 5. The van der Waals surface area contributed by atoms with Crippen molar-refractivity contribution in [3.63, 3.8) is 0 Å². The van der Waals surface area contributed by atoms with Gasteiger partial charge in [-0.05, 0) is 41.3 Å². The smallest absolute Gasteiger partial charge is 0.356 e. The van der Waals surface area contributed by atoms with Gasteiger partial charge >= 0.3 is 11.9 Å². The van der Waals surface area contributed by atoms with Crippen LogP contribution in [0.3, 0.4) is 0 Å². The predicted octanol–water partition coefficient (Wildman–Crippen LogP) is 3.70. The number of aromatic nitrogens is 1. The molecule has 0 atom stereocenters. The minimum atomic E-state index is -1.08. The SMILES string of the molecule is Cn1c(C(=O)OCC(=O)Nc2ccc(C(=O)O)cc2)c(-c2ccccc2)c2ccccc2c1=O. The summed E-state index contributed by atoms with van der Waals surface area (Å²) >= 11 is 0. The lowest BCUT2D eigenvalue weighted by Gasteiger charge is -2.16. The highest BCUT2D eigenvalue weighted by Gasteiger charge is 2.23. The molecule has 0 aliphatic carbocycles. The van der Waals surface area contributed by atoms with Crippen LogP contribution in [0.25, 0.3) is 21.9 Å². The molecule has 0 radical (unpaired) electrons. The van der Waals surface area contributed by atoms with Crippen molar-refractivity contribution in [2.45, 2.75) is 0 Å². The summed E-state index contributed by atoms with van der Waals surface area (Å²) < 4.78 is 6.50. The largest absolute Gasteiger partial charge is 0.478 e. The van der Waals surface area contributed by atoms with E-state index in [9.17, 15) is 19.2 Å². The molecular weight excluding hydrogens is 436 g/mol. The molecule has 1 aromatic heterocycles. The normalized spacial score (nSPS) is 10.6. The molecule has 0 saturated carbocycles. The van der Waals surface area contributed by atoms with E-state index in [2.05, 4.69) is 5.32 Å². The number of carboxylic acids is 1. The Morgan fingerprint density at radius 2 is 1.50 bits per heavy atom. The fraction of sp³-hybridized carbons (Fsp3) is 0.0769. The highest BCUT2D eigenvalue weighted by molar-refractivity contribution is 6.07. The Hall–Kier alpha value is -4.72. The van der Waals surface area contributed by atoms with Crippen molar-refractivity contribution in [2.24, 2.45) is 7.05 Å². The van der Waals surface area contributed by atoms with Crippen LogP contribution in [0.1, 0.15) is 20.8 Å². The number of carbonyl (C=O) groups is 3. The molecule has 8 nitrogen and oxygen atoms in total. The van der Waals surface area contributed by atoms with Gasteiger partial charge in [0, 0.05) is 23.7 Å². The zero-order chi connectivity index (χ0) is 24.2. The summed E-state index contributed by atoms with van der Waals surface area (Å²) in [5.74, 6) is -2.51. The van der Waals surface area contributed by atoms with Crippen molar-refractivity contribution in [3.05, 3.63) is 100 Å². The second-order valence-corrected chi connectivity index (χ2v) is 7.51. The number of ether oxygens (including phenoxy) is 1. The minimum absolute atomic E-state index is 0.0357. The summed E-state index contributed by atoms with van der Waals surface area (Å²) in [5.41, 5.74) is 1.38. The molecule has 0 bridgehead atoms. The van der Waals surface area contributed by atoms with Crippen molar-refractivity contribution in [1.29, 1.82) is 0 Å². The Balaban J connectivity index is 1.62. The maximum atomic E-state index is 13.1. The average molecular weight is 456 g/mol. The summed E-state index contributed by atoms with van der Waals surface area (Å²) in [6, 6.07) is 21.7. The van der Waals surface area contributed by atoms with Gasteiger partial charge in [0.15, 0.2) is 6.61 Å². The third-order valence-corrected chi connectivity index (χ3v) is 5.31. The number of rotatable bonds is 6. The third kappa shape index (κ3) is 4.42. The van der Waals surface area contributed by atoms with E-state index in [4.69, 9.17) is 9.84 Å². The first-order chi connectivity index (χ1) is 16.4. The molecule has 0 aliphatic heterocycles. The van der Waals surface area contributed by atoms with Gasteiger partial charge in [-0.25, -0.2) is 9.59 Å². The van der Waals surface area contributed by atoms with Gasteiger partial charge in [-0.1, -0.05) is 48.5 Å². The van der Waals surface area contributed by atoms with Gasteiger partial charge in [-0.2, -0.15) is 0 Å². The van der Waals surface area contributed by atoms with Gasteiger partial charge < -0.3 is 19.7 Å². The van der Waals surface area contributed by atoms with Crippen LogP contribution < -0.4 is 10.9 Å². The van der Waals surface area contributed by atoms with Gasteiger partial charge in [0.2, 0.25) is 0 Å². The van der Waals surface area contributed by atoms with E-state index in [0.29, 0.717) is 22.0 Å². The van der Waals surface area contributed by atoms with Crippen LogP contribution in [0.2, 0.25) is 0 Å². The Labute approximate surface area is 194 Å². The molecule has 0 spiro atoms. The molecule has 1 amide bonds.